The van der Waals surface area contributed by atoms with Gasteiger partial charge in [-0.25, -0.2) is 0 Å². The Morgan fingerprint density at radius 1 is 0.952 bits per heavy atom. The van der Waals surface area contributed by atoms with Crippen molar-refractivity contribution in [2.75, 3.05) is 11.1 Å². The van der Waals surface area contributed by atoms with Crippen LogP contribution in [-0.4, -0.2) is 0 Å². The van der Waals surface area contributed by atoms with E-state index in [1.807, 2.05) is 66.0 Å². The minimum absolute atomic E-state index is 0.693. The predicted molar refractivity (Wildman–Crippen MR) is 89.0 cm³/mol. The Morgan fingerprint density at radius 2 is 1.71 bits per heavy atom. The normalized spacial score (nSPS) is 10.3. The van der Waals surface area contributed by atoms with Gasteiger partial charge in [0, 0.05) is 10.6 Å². The summed E-state index contributed by atoms with van der Waals surface area (Å²) in [6.45, 7) is 0.693. The number of rotatable bonds is 5. The van der Waals surface area contributed by atoms with E-state index in [2.05, 4.69) is 5.32 Å². The molecule has 3 N–H and O–H groups in total. The van der Waals surface area contributed by atoms with E-state index in [0.717, 1.165) is 27.8 Å². The first-order valence-electron chi connectivity index (χ1n) is 6.70. The zero-order valence-electron chi connectivity index (χ0n) is 11.5. The molecule has 0 spiro atoms. The molecule has 0 atom stereocenters. The van der Waals surface area contributed by atoms with Crippen LogP contribution in [0.5, 0.6) is 11.5 Å². The van der Waals surface area contributed by atoms with Gasteiger partial charge in [-0.15, -0.1) is 11.3 Å². The zero-order chi connectivity index (χ0) is 14.5. The summed E-state index contributed by atoms with van der Waals surface area (Å²) in [4.78, 5) is 1.13. The maximum Gasteiger partial charge on any atom is 0.150 e. The number of benzene rings is 2. The molecular formula is C17H16N2OS. The monoisotopic (exact) mass is 296 g/mol. The van der Waals surface area contributed by atoms with Gasteiger partial charge >= 0.3 is 0 Å². The van der Waals surface area contributed by atoms with Crippen molar-refractivity contribution in [3.05, 3.63) is 70.9 Å². The Bertz CT molecular complexity index is 710. The number of ether oxygens (including phenoxy) is 1. The van der Waals surface area contributed by atoms with Crippen molar-refractivity contribution in [2.24, 2.45) is 0 Å². The van der Waals surface area contributed by atoms with Gasteiger partial charge in [-0.2, -0.15) is 0 Å². The van der Waals surface area contributed by atoms with Crippen LogP contribution >= 0.6 is 11.3 Å². The molecule has 21 heavy (non-hydrogen) atoms. The number of hydrogen-bond donors (Lipinski definition) is 2. The number of nitrogens with two attached hydrogens (primary N) is 1. The number of thiophene rings is 1. The van der Waals surface area contributed by atoms with Crippen LogP contribution < -0.4 is 15.8 Å². The molecule has 1 heterocycles. The highest BCUT2D eigenvalue weighted by Crippen LogP contribution is 2.30. The van der Waals surface area contributed by atoms with Crippen molar-refractivity contribution in [2.45, 2.75) is 6.54 Å². The Hall–Kier alpha value is -2.46. The lowest BCUT2D eigenvalue weighted by Gasteiger charge is -2.12. The summed E-state index contributed by atoms with van der Waals surface area (Å²) in [6.07, 6.45) is 0. The number of nitrogens with one attached hydrogen (secondary N) is 1. The molecule has 0 aliphatic rings. The quantitative estimate of drug-likeness (QED) is 0.715. The summed E-state index contributed by atoms with van der Waals surface area (Å²) in [6, 6.07) is 19.6. The zero-order valence-corrected chi connectivity index (χ0v) is 12.3. The summed E-state index contributed by atoms with van der Waals surface area (Å²) in [7, 11) is 0. The molecule has 0 fully saturated rings. The first-order valence-corrected chi connectivity index (χ1v) is 7.58. The Balaban J connectivity index is 1.75. The van der Waals surface area contributed by atoms with E-state index < -0.39 is 0 Å². The lowest BCUT2D eigenvalue weighted by Crippen LogP contribution is -2.01. The molecule has 0 amide bonds. The van der Waals surface area contributed by atoms with E-state index >= 15 is 0 Å². The number of anilines is 2. The molecule has 0 saturated heterocycles. The minimum atomic E-state index is 0.693. The third-order valence-electron chi connectivity index (χ3n) is 3.08. The molecule has 3 nitrogen and oxygen atoms in total. The summed E-state index contributed by atoms with van der Waals surface area (Å²) < 4.78 is 5.92. The van der Waals surface area contributed by atoms with Gasteiger partial charge in [0.05, 0.1) is 12.2 Å². The fourth-order valence-electron chi connectivity index (χ4n) is 1.99. The standard InChI is InChI=1S/C17H16N2OS/c18-14-10-11-21-17(14)12-19-15-8-4-5-9-16(15)20-13-6-2-1-3-7-13/h1-11,19H,12,18H2. The maximum atomic E-state index is 5.92. The first-order chi connectivity index (χ1) is 10.3. The number of hydrogen-bond acceptors (Lipinski definition) is 4. The van der Waals surface area contributed by atoms with Gasteiger partial charge in [-0.3, -0.25) is 0 Å². The first kappa shape index (κ1) is 13.5. The molecule has 3 rings (SSSR count). The number of nitrogen functional groups attached to an aromatic ring is 1. The Labute approximate surface area is 128 Å². The highest BCUT2D eigenvalue weighted by molar-refractivity contribution is 7.10. The predicted octanol–water partition coefficient (Wildman–Crippen LogP) is 4.73. The molecule has 0 radical (unpaired) electrons. The van der Waals surface area contributed by atoms with E-state index in [9.17, 15) is 0 Å². The van der Waals surface area contributed by atoms with Crippen LogP contribution in [0.4, 0.5) is 11.4 Å². The van der Waals surface area contributed by atoms with E-state index in [1.165, 1.54) is 0 Å². The van der Waals surface area contributed by atoms with Gasteiger partial charge in [0.2, 0.25) is 0 Å². The highest BCUT2D eigenvalue weighted by atomic mass is 32.1. The van der Waals surface area contributed by atoms with E-state index in [0.29, 0.717) is 6.54 Å². The minimum Gasteiger partial charge on any atom is -0.455 e. The van der Waals surface area contributed by atoms with Crippen LogP contribution in [0, 0.1) is 0 Å². The third kappa shape index (κ3) is 3.35. The van der Waals surface area contributed by atoms with E-state index in [-0.39, 0.29) is 0 Å². The summed E-state index contributed by atoms with van der Waals surface area (Å²) in [5, 5.41) is 5.38. The molecule has 4 heteroatoms. The summed E-state index contributed by atoms with van der Waals surface area (Å²) >= 11 is 1.65. The molecule has 0 saturated carbocycles. The lowest BCUT2D eigenvalue weighted by molar-refractivity contribution is 0.484. The van der Waals surface area contributed by atoms with Crippen LogP contribution in [0.2, 0.25) is 0 Å². The van der Waals surface area contributed by atoms with Crippen LogP contribution in [0.25, 0.3) is 0 Å². The lowest BCUT2D eigenvalue weighted by atomic mass is 10.2. The van der Waals surface area contributed by atoms with Crippen molar-refractivity contribution >= 4 is 22.7 Å². The van der Waals surface area contributed by atoms with Gasteiger partial charge in [0.25, 0.3) is 0 Å². The van der Waals surface area contributed by atoms with Gasteiger partial charge < -0.3 is 15.8 Å². The van der Waals surface area contributed by atoms with Crippen molar-refractivity contribution in [3.63, 3.8) is 0 Å². The average Bonchev–Trinajstić information content (AvgIpc) is 2.93. The van der Waals surface area contributed by atoms with Gasteiger partial charge in [-0.1, -0.05) is 30.3 Å². The molecule has 2 aromatic carbocycles. The Morgan fingerprint density at radius 3 is 2.48 bits per heavy atom. The molecule has 3 aromatic rings. The molecule has 1 aromatic heterocycles. The van der Waals surface area contributed by atoms with Crippen LogP contribution in [0.1, 0.15) is 4.88 Å². The smallest absolute Gasteiger partial charge is 0.150 e. The fraction of sp³-hybridized carbons (Fsp3) is 0.0588. The second-order valence-electron chi connectivity index (χ2n) is 4.56. The average molecular weight is 296 g/mol. The van der Waals surface area contributed by atoms with Crippen molar-refractivity contribution < 1.29 is 4.74 Å². The molecular weight excluding hydrogens is 280 g/mol. The van der Waals surface area contributed by atoms with Gasteiger partial charge in [-0.05, 0) is 35.7 Å². The SMILES string of the molecule is Nc1ccsc1CNc1ccccc1Oc1ccccc1. The second kappa shape index (κ2) is 6.33. The topological polar surface area (TPSA) is 47.3 Å². The maximum absolute atomic E-state index is 5.92. The molecule has 0 aliphatic heterocycles. The van der Waals surface area contributed by atoms with Crippen molar-refractivity contribution in [1.82, 2.24) is 0 Å². The van der Waals surface area contributed by atoms with Crippen LogP contribution in [0.15, 0.2) is 66.0 Å². The summed E-state index contributed by atoms with van der Waals surface area (Å²) in [5.41, 5.74) is 7.69. The second-order valence-corrected chi connectivity index (χ2v) is 5.56. The summed E-state index contributed by atoms with van der Waals surface area (Å²) in [5.74, 6) is 1.63. The van der Waals surface area contributed by atoms with Crippen LogP contribution in [0.3, 0.4) is 0 Å². The molecule has 0 bridgehead atoms. The third-order valence-corrected chi connectivity index (χ3v) is 4.01. The van der Waals surface area contributed by atoms with Crippen LogP contribution in [-0.2, 0) is 6.54 Å². The fourth-order valence-corrected chi connectivity index (χ4v) is 2.73. The van der Waals surface area contributed by atoms with Crippen molar-refractivity contribution in [1.29, 1.82) is 0 Å². The largest absolute Gasteiger partial charge is 0.455 e. The molecule has 0 aliphatic carbocycles. The van der Waals surface area contributed by atoms with E-state index in [1.54, 1.807) is 11.3 Å². The highest BCUT2D eigenvalue weighted by Gasteiger charge is 2.06. The number of para-hydroxylation sites is 3. The van der Waals surface area contributed by atoms with E-state index in [4.69, 9.17) is 10.5 Å². The van der Waals surface area contributed by atoms with Gasteiger partial charge in [0.1, 0.15) is 5.75 Å². The van der Waals surface area contributed by atoms with Crippen molar-refractivity contribution in [3.8, 4) is 11.5 Å². The van der Waals surface area contributed by atoms with Gasteiger partial charge in [0.15, 0.2) is 5.75 Å². The molecule has 106 valence electrons. The molecule has 0 unspecified atom stereocenters. The Kier molecular flexibility index (Phi) is 4.07.